The number of hydrogen-bond acceptors (Lipinski definition) is 3. The fraction of sp³-hybridized carbons (Fsp3) is 0.706. The Morgan fingerprint density at radius 3 is 2.60 bits per heavy atom. The van der Waals surface area contributed by atoms with Gasteiger partial charge < -0.3 is 10.2 Å². The summed E-state index contributed by atoms with van der Waals surface area (Å²) in [5.41, 5.74) is 0.484. The molecule has 2 aliphatic rings. The summed E-state index contributed by atoms with van der Waals surface area (Å²) >= 11 is 0. The second-order valence-corrected chi connectivity index (χ2v) is 7.05. The van der Waals surface area contributed by atoms with E-state index >= 15 is 0 Å². The molecule has 1 aliphatic carbocycles. The van der Waals surface area contributed by atoms with E-state index < -0.39 is 0 Å². The van der Waals surface area contributed by atoms with Crippen molar-refractivity contribution in [1.82, 2.24) is 10.3 Å². The fourth-order valence-corrected chi connectivity index (χ4v) is 3.74. The number of nitrogens with one attached hydrogen (secondary N) is 1. The summed E-state index contributed by atoms with van der Waals surface area (Å²) < 4.78 is 0. The van der Waals surface area contributed by atoms with Crippen molar-refractivity contribution in [3.63, 3.8) is 0 Å². The molecule has 1 N–H and O–H groups in total. The maximum atomic E-state index is 4.46. The highest BCUT2D eigenvalue weighted by molar-refractivity contribution is 5.38. The molecule has 2 fully saturated rings. The zero-order chi connectivity index (χ0) is 14.0. The van der Waals surface area contributed by atoms with E-state index in [0.717, 1.165) is 18.9 Å². The number of aromatic nitrogens is 1. The molecule has 1 aromatic rings. The predicted octanol–water partition coefficient (Wildman–Crippen LogP) is 3.22. The zero-order valence-electron chi connectivity index (χ0n) is 12.8. The third-order valence-electron chi connectivity index (χ3n) is 5.16. The molecule has 0 bridgehead atoms. The fourth-order valence-electron chi connectivity index (χ4n) is 3.74. The first kappa shape index (κ1) is 13.9. The smallest absolute Gasteiger partial charge is 0.128 e. The van der Waals surface area contributed by atoms with Crippen molar-refractivity contribution in [3.05, 3.63) is 24.4 Å². The van der Waals surface area contributed by atoms with Gasteiger partial charge in [0.05, 0.1) is 0 Å². The van der Waals surface area contributed by atoms with Crippen molar-refractivity contribution in [2.75, 3.05) is 18.0 Å². The normalized spacial score (nSPS) is 26.9. The molecule has 2 heterocycles. The average molecular weight is 273 g/mol. The average Bonchev–Trinajstić information content (AvgIpc) is 2.80. The summed E-state index contributed by atoms with van der Waals surface area (Å²) in [6, 6.07) is 7.59. The molecule has 0 radical (unpaired) electrons. The summed E-state index contributed by atoms with van der Waals surface area (Å²) in [5, 5.41) is 3.93. The van der Waals surface area contributed by atoms with Gasteiger partial charge in [0.1, 0.15) is 5.82 Å². The maximum absolute atomic E-state index is 4.46. The Kier molecular flexibility index (Phi) is 3.97. The van der Waals surface area contributed by atoms with Gasteiger partial charge in [-0.25, -0.2) is 4.98 Å². The van der Waals surface area contributed by atoms with Crippen LogP contribution >= 0.6 is 0 Å². The van der Waals surface area contributed by atoms with E-state index in [0.29, 0.717) is 17.5 Å². The largest absolute Gasteiger partial charge is 0.357 e. The van der Waals surface area contributed by atoms with Crippen LogP contribution in [0.3, 0.4) is 0 Å². The summed E-state index contributed by atoms with van der Waals surface area (Å²) in [5.74, 6) is 1.13. The lowest BCUT2D eigenvalue weighted by Crippen LogP contribution is -2.49. The summed E-state index contributed by atoms with van der Waals surface area (Å²) in [6.45, 7) is 7.09. The van der Waals surface area contributed by atoms with Gasteiger partial charge in [0.15, 0.2) is 0 Å². The van der Waals surface area contributed by atoms with E-state index in [-0.39, 0.29) is 0 Å². The molecule has 3 rings (SSSR count). The molecular formula is C17H27N3. The molecule has 3 heteroatoms. The molecular weight excluding hydrogens is 246 g/mol. The van der Waals surface area contributed by atoms with E-state index in [4.69, 9.17) is 0 Å². The summed E-state index contributed by atoms with van der Waals surface area (Å²) in [6.07, 6.45) is 8.48. The van der Waals surface area contributed by atoms with E-state index in [1.807, 2.05) is 12.3 Å². The SMILES string of the molecule is CC1(C)CCCC1NC1CCN(c2ccccn2)CC1. The number of hydrogen-bond donors (Lipinski definition) is 1. The van der Waals surface area contributed by atoms with Crippen LogP contribution in [-0.4, -0.2) is 30.2 Å². The van der Waals surface area contributed by atoms with E-state index in [1.54, 1.807) is 0 Å². The maximum Gasteiger partial charge on any atom is 0.128 e. The number of rotatable bonds is 3. The van der Waals surface area contributed by atoms with Crippen LogP contribution in [0.1, 0.15) is 46.0 Å². The molecule has 1 saturated heterocycles. The van der Waals surface area contributed by atoms with Crippen LogP contribution in [0.4, 0.5) is 5.82 Å². The van der Waals surface area contributed by atoms with Gasteiger partial charge in [0.25, 0.3) is 0 Å². The molecule has 0 spiro atoms. The van der Waals surface area contributed by atoms with Gasteiger partial charge in [0, 0.05) is 31.4 Å². The van der Waals surface area contributed by atoms with Crippen LogP contribution in [0.5, 0.6) is 0 Å². The Labute approximate surface area is 122 Å². The van der Waals surface area contributed by atoms with E-state index in [9.17, 15) is 0 Å². The van der Waals surface area contributed by atoms with Crippen LogP contribution in [0.25, 0.3) is 0 Å². The monoisotopic (exact) mass is 273 g/mol. The summed E-state index contributed by atoms with van der Waals surface area (Å²) in [7, 11) is 0. The molecule has 1 unspecified atom stereocenters. The lowest BCUT2D eigenvalue weighted by Gasteiger charge is -2.37. The Balaban J connectivity index is 1.52. The standard InChI is InChI=1S/C17H27N3/c1-17(2)10-5-6-15(17)19-14-8-12-20(13-9-14)16-7-3-4-11-18-16/h3-4,7,11,14-15,19H,5-6,8-10,12-13H2,1-2H3. The van der Waals surface area contributed by atoms with E-state index in [2.05, 4.69) is 41.2 Å². The molecule has 1 atom stereocenters. The van der Waals surface area contributed by atoms with Crippen molar-refractivity contribution < 1.29 is 0 Å². The van der Waals surface area contributed by atoms with Crippen molar-refractivity contribution in [3.8, 4) is 0 Å². The third kappa shape index (κ3) is 2.98. The topological polar surface area (TPSA) is 28.2 Å². The number of nitrogens with zero attached hydrogens (tertiary/aromatic N) is 2. The number of anilines is 1. The molecule has 1 aliphatic heterocycles. The Morgan fingerprint density at radius 1 is 1.20 bits per heavy atom. The van der Waals surface area contributed by atoms with Crippen LogP contribution < -0.4 is 10.2 Å². The van der Waals surface area contributed by atoms with Gasteiger partial charge in [-0.05, 0) is 43.2 Å². The first-order valence-electron chi connectivity index (χ1n) is 8.07. The highest BCUT2D eigenvalue weighted by Gasteiger charge is 2.36. The first-order valence-corrected chi connectivity index (χ1v) is 8.07. The molecule has 3 nitrogen and oxygen atoms in total. The minimum Gasteiger partial charge on any atom is -0.357 e. The van der Waals surface area contributed by atoms with Crippen molar-refractivity contribution >= 4 is 5.82 Å². The Hall–Kier alpha value is -1.09. The van der Waals surface area contributed by atoms with Crippen LogP contribution in [0.15, 0.2) is 24.4 Å². The molecule has 1 saturated carbocycles. The summed E-state index contributed by atoms with van der Waals surface area (Å²) in [4.78, 5) is 6.87. The first-order chi connectivity index (χ1) is 9.65. The third-order valence-corrected chi connectivity index (χ3v) is 5.16. The highest BCUT2D eigenvalue weighted by atomic mass is 15.2. The Bertz CT molecular complexity index is 421. The lowest BCUT2D eigenvalue weighted by atomic mass is 9.86. The van der Waals surface area contributed by atoms with Gasteiger partial charge in [-0.1, -0.05) is 26.3 Å². The second-order valence-electron chi connectivity index (χ2n) is 7.05. The quantitative estimate of drug-likeness (QED) is 0.916. The van der Waals surface area contributed by atoms with E-state index in [1.165, 1.54) is 32.1 Å². The van der Waals surface area contributed by atoms with Crippen LogP contribution in [0, 0.1) is 5.41 Å². The Morgan fingerprint density at radius 2 is 2.00 bits per heavy atom. The molecule has 110 valence electrons. The lowest BCUT2D eigenvalue weighted by molar-refractivity contribution is 0.246. The number of pyridine rings is 1. The van der Waals surface area contributed by atoms with Gasteiger partial charge in [0.2, 0.25) is 0 Å². The zero-order valence-corrected chi connectivity index (χ0v) is 12.8. The minimum absolute atomic E-state index is 0.484. The minimum atomic E-state index is 0.484. The number of piperidine rings is 1. The highest BCUT2D eigenvalue weighted by Crippen LogP contribution is 2.37. The molecule has 1 aromatic heterocycles. The predicted molar refractivity (Wildman–Crippen MR) is 84.0 cm³/mol. The molecule has 0 amide bonds. The van der Waals surface area contributed by atoms with Gasteiger partial charge in [-0.15, -0.1) is 0 Å². The van der Waals surface area contributed by atoms with Crippen LogP contribution in [0.2, 0.25) is 0 Å². The van der Waals surface area contributed by atoms with Crippen molar-refractivity contribution in [2.45, 2.75) is 58.0 Å². The van der Waals surface area contributed by atoms with Gasteiger partial charge >= 0.3 is 0 Å². The molecule has 20 heavy (non-hydrogen) atoms. The van der Waals surface area contributed by atoms with Crippen LogP contribution in [-0.2, 0) is 0 Å². The van der Waals surface area contributed by atoms with Gasteiger partial charge in [-0.2, -0.15) is 0 Å². The second kappa shape index (κ2) is 5.72. The molecule has 0 aromatic carbocycles. The van der Waals surface area contributed by atoms with Crippen molar-refractivity contribution in [2.24, 2.45) is 5.41 Å². The van der Waals surface area contributed by atoms with Gasteiger partial charge in [-0.3, -0.25) is 0 Å². The van der Waals surface area contributed by atoms with Crippen molar-refractivity contribution in [1.29, 1.82) is 0 Å².